The van der Waals surface area contributed by atoms with Crippen molar-refractivity contribution in [2.45, 2.75) is 0 Å². The lowest BCUT2D eigenvalue weighted by Gasteiger charge is -2.18. The normalized spacial score (nSPS) is 13.4. The first kappa shape index (κ1) is 12.5. The van der Waals surface area contributed by atoms with Gasteiger partial charge in [-0.15, -0.1) is 0 Å². The van der Waals surface area contributed by atoms with Crippen molar-refractivity contribution in [2.24, 2.45) is 4.99 Å². The van der Waals surface area contributed by atoms with Gasteiger partial charge in [0.25, 0.3) is 0 Å². The molecule has 0 aromatic heterocycles. The maximum Gasteiger partial charge on any atom is 0.162 e. The van der Waals surface area contributed by atoms with Crippen LogP contribution in [0, 0.1) is 0 Å². The van der Waals surface area contributed by atoms with E-state index < -0.39 is 0 Å². The summed E-state index contributed by atoms with van der Waals surface area (Å²) in [7, 11) is 1.65. The van der Waals surface area contributed by atoms with Crippen LogP contribution in [0.1, 0.15) is 5.56 Å². The molecule has 1 aliphatic rings. The number of aliphatic imine (C=N–C) groups is 1. The molecule has 0 N–H and O–H groups in total. The highest BCUT2D eigenvalue weighted by Gasteiger charge is 2.10. The van der Waals surface area contributed by atoms with Crippen LogP contribution in [0.3, 0.4) is 0 Å². The van der Waals surface area contributed by atoms with Gasteiger partial charge in [0, 0.05) is 6.21 Å². The topological polar surface area (TPSA) is 40.0 Å². The van der Waals surface area contributed by atoms with Crippen molar-refractivity contribution in [2.75, 3.05) is 20.3 Å². The van der Waals surface area contributed by atoms with Gasteiger partial charge in [0.2, 0.25) is 0 Å². The van der Waals surface area contributed by atoms with Gasteiger partial charge in [0.15, 0.2) is 11.5 Å². The molecule has 3 rings (SSSR count). The van der Waals surface area contributed by atoms with Gasteiger partial charge in [-0.25, -0.2) is 0 Å². The largest absolute Gasteiger partial charge is 0.497 e. The van der Waals surface area contributed by atoms with Gasteiger partial charge in [-0.05, 0) is 48.0 Å². The van der Waals surface area contributed by atoms with Crippen molar-refractivity contribution < 1.29 is 14.2 Å². The minimum atomic E-state index is 0.589. The van der Waals surface area contributed by atoms with E-state index in [1.807, 2.05) is 42.5 Å². The summed E-state index contributed by atoms with van der Waals surface area (Å²) in [6, 6.07) is 13.4. The van der Waals surface area contributed by atoms with Gasteiger partial charge in [0.1, 0.15) is 19.0 Å². The van der Waals surface area contributed by atoms with Crippen molar-refractivity contribution in [3.63, 3.8) is 0 Å². The lowest BCUT2D eigenvalue weighted by molar-refractivity contribution is 0.171. The van der Waals surface area contributed by atoms with E-state index in [1.165, 1.54) is 0 Å². The molecule has 0 spiro atoms. The predicted octanol–water partition coefficient (Wildman–Crippen LogP) is 3.22. The summed E-state index contributed by atoms with van der Waals surface area (Å²) in [5, 5.41) is 0. The lowest BCUT2D eigenvalue weighted by atomic mass is 10.2. The van der Waals surface area contributed by atoms with Gasteiger partial charge < -0.3 is 14.2 Å². The summed E-state index contributed by atoms with van der Waals surface area (Å²) in [5.74, 6) is 2.39. The molecular formula is C16H15NO3. The number of hydrogen-bond acceptors (Lipinski definition) is 4. The van der Waals surface area contributed by atoms with E-state index in [-0.39, 0.29) is 0 Å². The van der Waals surface area contributed by atoms with Gasteiger partial charge in [0.05, 0.1) is 12.8 Å². The first-order chi connectivity index (χ1) is 9.85. The van der Waals surface area contributed by atoms with E-state index in [4.69, 9.17) is 14.2 Å². The molecular weight excluding hydrogens is 254 g/mol. The van der Waals surface area contributed by atoms with Crippen LogP contribution in [0.5, 0.6) is 17.2 Å². The molecule has 0 amide bonds. The van der Waals surface area contributed by atoms with Crippen molar-refractivity contribution in [3.8, 4) is 17.2 Å². The van der Waals surface area contributed by atoms with Crippen molar-refractivity contribution in [1.29, 1.82) is 0 Å². The fourth-order valence-corrected chi connectivity index (χ4v) is 1.96. The van der Waals surface area contributed by atoms with Crippen LogP contribution >= 0.6 is 0 Å². The van der Waals surface area contributed by atoms with Gasteiger partial charge in [-0.3, -0.25) is 4.99 Å². The summed E-state index contributed by atoms with van der Waals surface area (Å²) in [6.07, 6.45) is 1.81. The Kier molecular flexibility index (Phi) is 3.54. The van der Waals surface area contributed by atoms with Crippen molar-refractivity contribution in [1.82, 2.24) is 0 Å². The zero-order chi connectivity index (χ0) is 13.8. The highest BCUT2D eigenvalue weighted by molar-refractivity contribution is 5.83. The summed E-state index contributed by atoms with van der Waals surface area (Å²) in [5.41, 5.74) is 1.85. The van der Waals surface area contributed by atoms with Crippen LogP contribution in [-0.2, 0) is 0 Å². The SMILES string of the molecule is COc1ccc(N=Cc2ccc3c(c2)OCCO3)cc1. The average Bonchev–Trinajstić information content (AvgIpc) is 2.53. The minimum Gasteiger partial charge on any atom is -0.497 e. The monoisotopic (exact) mass is 269 g/mol. The van der Waals surface area contributed by atoms with Gasteiger partial charge in [-0.1, -0.05) is 0 Å². The molecule has 1 aliphatic heterocycles. The molecule has 0 saturated carbocycles. The van der Waals surface area contributed by atoms with Crippen LogP contribution in [-0.4, -0.2) is 26.5 Å². The van der Waals surface area contributed by atoms with Crippen molar-refractivity contribution >= 4 is 11.9 Å². The summed E-state index contributed by atoms with van der Waals surface area (Å²) < 4.78 is 16.1. The fourth-order valence-electron chi connectivity index (χ4n) is 1.96. The highest BCUT2D eigenvalue weighted by atomic mass is 16.6. The molecule has 4 nitrogen and oxygen atoms in total. The smallest absolute Gasteiger partial charge is 0.162 e. The van der Waals surface area contributed by atoms with Crippen LogP contribution < -0.4 is 14.2 Å². The molecule has 0 unspecified atom stereocenters. The Labute approximate surface area is 117 Å². The number of ether oxygens (including phenoxy) is 3. The second kappa shape index (κ2) is 5.65. The Morgan fingerprint density at radius 2 is 1.75 bits per heavy atom. The molecule has 2 aromatic rings. The second-order valence-corrected chi connectivity index (χ2v) is 4.36. The molecule has 0 radical (unpaired) electrons. The third-order valence-corrected chi connectivity index (χ3v) is 3.00. The number of methoxy groups -OCH3 is 1. The minimum absolute atomic E-state index is 0.589. The number of rotatable bonds is 3. The summed E-state index contributed by atoms with van der Waals surface area (Å²) in [6.45, 7) is 1.19. The lowest BCUT2D eigenvalue weighted by Crippen LogP contribution is -2.15. The third kappa shape index (κ3) is 2.74. The Morgan fingerprint density at radius 3 is 2.50 bits per heavy atom. The fraction of sp³-hybridized carbons (Fsp3) is 0.188. The number of hydrogen-bond donors (Lipinski definition) is 0. The molecule has 0 saturated heterocycles. The average molecular weight is 269 g/mol. The van der Waals surface area contributed by atoms with Crippen LogP contribution in [0.4, 0.5) is 5.69 Å². The Hall–Kier alpha value is -2.49. The summed E-state index contributed by atoms with van der Waals surface area (Å²) in [4.78, 5) is 4.42. The van der Waals surface area contributed by atoms with Gasteiger partial charge in [-0.2, -0.15) is 0 Å². The predicted molar refractivity (Wildman–Crippen MR) is 77.7 cm³/mol. The Bertz CT molecular complexity index is 620. The molecule has 20 heavy (non-hydrogen) atoms. The standard InChI is InChI=1S/C16H15NO3/c1-18-14-5-3-13(4-6-14)17-11-12-2-7-15-16(10-12)20-9-8-19-15/h2-7,10-11H,8-9H2,1H3. The maximum absolute atomic E-state index is 5.54. The maximum atomic E-state index is 5.54. The molecule has 0 fully saturated rings. The zero-order valence-electron chi connectivity index (χ0n) is 11.2. The van der Waals surface area contributed by atoms with E-state index >= 15 is 0 Å². The molecule has 2 aromatic carbocycles. The van der Waals surface area contributed by atoms with E-state index in [2.05, 4.69) is 4.99 Å². The molecule has 102 valence electrons. The van der Waals surface area contributed by atoms with Crippen LogP contribution in [0.2, 0.25) is 0 Å². The molecule has 0 atom stereocenters. The first-order valence-electron chi connectivity index (χ1n) is 6.43. The molecule has 4 heteroatoms. The number of nitrogens with zero attached hydrogens (tertiary/aromatic N) is 1. The molecule has 0 bridgehead atoms. The quantitative estimate of drug-likeness (QED) is 0.803. The van der Waals surface area contributed by atoms with Crippen LogP contribution in [0.25, 0.3) is 0 Å². The van der Waals surface area contributed by atoms with Gasteiger partial charge >= 0.3 is 0 Å². The summed E-state index contributed by atoms with van der Waals surface area (Å²) >= 11 is 0. The Morgan fingerprint density at radius 1 is 1.00 bits per heavy atom. The second-order valence-electron chi connectivity index (χ2n) is 4.36. The van der Waals surface area contributed by atoms with Crippen LogP contribution in [0.15, 0.2) is 47.5 Å². The van der Waals surface area contributed by atoms with E-state index in [1.54, 1.807) is 13.3 Å². The van der Waals surface area contributed by atoms with E-state index in [0.717, 1.165) is 28.5 Å². The molecule has 1 heterocycles. The number of fused-ring (bicyclic) bond motifs is 1. The zero-order valence-corrected chi connectivity index (χ0v) is 11.2. The van der Waals surface area contributed by atoms with Crippen molar-refractivity contribution in [3.05, 3.63) is 48.0 Å². The Balaban J connectivity index is 1.77. The number of benzene rings is 2. The molecule has 0 aliphatic carbocycles. The highest BCUT2D eigenvalue weighted by Crippen LogP contribution is 2.30. The third-order valence-electron chi connectivity index (χ3n) is 3.00. The first-order valence-corrected chi connectivity index (χ1v) is 6.43. The van der Waals surface area contributed by atoms with E-state index in [0.29, 0.717) is 13.2 Å². The van der Waals surface area contributed by atoms with E-state index in [9.17, 15) is 0 Å².